The Kier molecular flexibility index (Phi) is 37.3. The largest absolute Gasteiger partial charge is 0.472 e. The number of allylic oxidation sites excluding steroid dienone is 6. The van der Waals surface area contributed by atoms with Crippen molar-refractivity contribution < 1.29 is 63.1 Å². The molecule has 0 aliphatic carbocycles. The van der Waals surface area contributed by atoms with Crippen LogP contribution in [0.1, 0.15) is 162 Å². The maximum atomic E-state index is 12.6. The van der Waals surface area contributed by atoms with Gasteiger partial charge in [0.05, 0.1) is 38.1 Å². The summed E-state index contributed by atoms with van der Waals surface area (Å²) in [4.78, 5) is 35.1. The molecule has 0 saturated heterocycles. The van der Waals surface area contributed by atoms with E-state index in [4.69, 9.17) is 19.1 Å². The molecule has 0 bridgehead atoms. The molecule has 344 valence electrons. The second kappa shape index (κ2) is 38.7. The van der Waals surface area contributed by atoms with Gasteiger partial charge < -0.3 is 39.9 Å². The Morgan fingerprint density at radius 3 is 1.68 bits per heavy atom. The average molecular weight is 861 g/mol. The van der Waals surface area contributed by atoms with Crippen LogP contribution in [0.25, 0.3) is 0 Å². The van der Waals surface area contributed by atoms with E-state index < -0.39 is 76.7 Å². The Morgan fingerprint density at radius 1 is 0.593 bits per heavy atom. The SMILES string of the molecule is CCCCC[C@H](O)/C=C/C=C\C=C\C=C\[C@H](O)[C@@H](O)CCCC(=O)O[C@H](COC(=O)CCCCCCCCCCCCCCCC(C)C)COP(=O)(O)OC[C@@H](O)CO. The smallest absolute Gasteiger partial charge is 0.462 e. The first-order valence-electron chi connectivity index (χ1n) is 22.3. The molecule has 0 amide bonds. The standard InChI is InChI=1S/C45H81O13P/c1-4-5-21-28-39(47)29-23-18-15-16-19-24-30-42(49)43(50)31-26-33-45(52)58-41(37-57-59(53,54)56-35-40(48)34-46)36-55-44(51)32-25-20-14-12-10-8-6-7-9-11-13-17-22-27-38(2)3/h15-16,18-19,23-24,29-30,38-43,46-50H,4-14,17,20-22,25-28,31-37H2,1-3H3,(H,53,54)/b18-15-,19-16+,29-23+,30-24+/t39-,40-,41+,42-,43-/m0/s1. The minimum atomic E-state index is -4.72. The van der Waals surface area contributed by atoms with Gasteiger partial charge >= 0.3 is 19.8 Å². The van der Waals surface area contributed by atoms with E-state index in [0.717, 1.165) is 50.9 Å². The molecule has 6 N–H and O–H groups in total. The molecule has 0 aliphatic rings. The van der Waals surface area contributed by atoms with Gasteiger partial charge in [-0.2, -0.15) is 0 Å². The number of phosphoric acid groups is 1. The summed E-state index contributed by atoms with van der Waals surface area (Å²) in [5, 5.41) is 48.8. The third-order valence-corrected chi connectivity index (χ3v) is 10.5. The fourth-order valence-corrected chi connectivity index (χ4v) is 6.70. The predicted molar refractivity (Wildman–Crippen MR) is 232 cm³/mol. The number of aliphatic hydroxyl groups is 5. The zero-order chi connectivity index (χ0) is 44.0. The summed E-state index contributed by atoms with van der Waals surface area (Å²) in [6, 6.07) is 0. The van der Waals surface area contributed by atoms with Crippen molar-refractivity contribution in [3.63, 3.8) is 0 Å². The molecule has 0 heterocycles. The van der Waals surface area contributed by atoms with Crippen LogP contribution in [0.15, 0.2) is 48.6 Å². The molecule has 59 heavy (non-hydrogen) atoms. The van der Waals surface area contributed by atoms with Gasteiger partial charge in [-0.25, -0.2) is 4.57 Å². The molecule has 0 aromatic carbocycles. The van der Waals surface area contributed by atoms with Crippen LogP contribution in [-0.2, 0) is 32.7 Å². The summed E-state index contributed by atoms with van der Waals surface area (Å²) < 4.78 is 32.5. The van der Waals surface area contributed by atoms with Gasteiger partial charge in [0.15, 0.2) is 6.10 Å². The van der Waals surface area contributed by atoms with Gasteiger partial charge in [0.1, 0.15) is 12.7 Å². The van der Waals surface area contributed by atoms with Gasteiger partial charge in [-0.1, -0.05) is 172 Å². The van der Waals surface area contributed by atoms with E-state index in [1.807, 2.05) is 0 Å². The van der Waals surface area contributed by atoms with Gasteiger partial charge in [-0.05, 0) is 31.6 Å². The van der Waals surface area contributed by atoms with E-state index in [9.17, 15) is 39.5 Å². The molecule has 13 nitrogen and oxygen atoms in total. The number of ether oxygens (including phenoxy) is 2. The molecule has 0 aromatic heterocycles. The van der Waals surface area contributed by atoms with Crippen molar-refractivity contribution in [1.82, 2.24) is 0 Å². The normalized spacial score (nSPS) is 16.0. The van der Waals surface area contributed by atoms with Crippen molar-refractivity contribution in [2.75, 3.05) is 26.4 Å². The van der Waals surface area contributed by atoms with Crippen LogP contribution in [-0.4, -0.2) is 99.3 Å². The molecule has 0 radical (unpaired) electrons. The van der Waals surface area contributed by atoms with Gasteiger partial charge in [-0.15, -0.1) is 0 Å². The highest BCUT2D eigenvalue weighted by Crippen LogP contribution is 2.43. The first kappa shape index (κ1) is 56.8. The van der Waals surface area contributed by atoms with Crippen LogP contribution in [0, 0.1) is 5.92 Å². The maximum Gasteiger partial charge on any atom is 0.472 e. The number of hydrogen-bond donors (Lipinski definition) is 6. The van der Waals surface area contributed by atoms with Crippen LogP contribution in [0.2, 0.25) is 0 Å². The minimum Gasteiger partial charge on any atom is -0.462 e. The van der Waals surface area contributed by atoms with E-state index in [0.29, 0.717) is 6.42 Å². The fraction of sp³-hybridized carbons (Fsp3) is 0.778. The minimum absolute atomic E-state index is 0.0669. The maximum absolute atomic E-state index is 12.6. The monoisotopic (exact) mass is 861 g/mol. The molecule has 0 rings (SSSR count). The number of esters is 2. The van der Waals surface area contributed by atoms with Gasteiger partial charge in [-0.3, -0.25) is 18.6 Å². The van der Waals surface area contributed by atoms with Crippen LogP contribution in [0.3, 0.4) is 0 Å². The molecule has 0 aliphatic heterocycles. The predicted octanol–water partition coefficient (Wildman–Crippen LogP) is 8.49. The highest BCUT2D eigenvalue weighted by atomic mass is 31.2. The van der Waals surface area contributed by atoms with Crippen LogP contribution < -0.4 is 0 Å². The second-order valence-electron chi connectivity index (χ2n) is 15.8. The number of phosphoric ester groups is 1. The molecular weight excluding hydrogens is 779 g/mol. The number of hydrogen-bond acceptors (Lipinski definition) is 12. The molecule has 0 aromatic rings. The molecule has 0 saturated carbocycles. The van der Waals surface area contributed by atoms with Gasteiger partial charge in [0, 0.05) is 12.8 Å². The van der Waals surface area contributed by atoms with Crippen molar-refractivity contribution in [2.24, 2.45) is 5.92 Å². The lowest BCUT2D eigenvalue weighted by Crippen LogP contribution is -2.30. The van der Waals surface area contributed by atoms with Gasteiger partial charge in [0.25, 0.3) is 0 Å². The first-order valence-corrected chi connectivity index (χ1v) is 23.8. The van der Waals surface area contributed by atoms with E-state index >= 15 is 0 Å². The van der Waals surface area contributed by atoms with Crippen LogP contribution in [0.5, 0.6) is 0 Å². The molecule has 0 fully saturated rings. The Bertz CT molecular complexity index is 1190. The first-order chi connectivity index (χ1) is 28.3. The third-order valence-electron chi connectivity index (χ3n) is 9.53. The average Bonchev–Trinajstić information content (AvgIpc) is 3.20. The van der Waals surface area contributed by atoms with E-state index in [2.05, 4.69) is 25.3 Å². The molecule has 14 heteroatoms. The number of carbonyl (C=O) groups is 2. The number of rotatable bonds is 40. The molecule has 1 unspecified atom stereocenters. The molecule has 0 spiro atoms. The third kappa shape index (κ3) is 38.5. The molecule has 6 atom stereocenters. The molecular formula is C45H81O13P. The summed E-state index contributed by atoms with van der Waals surface area (Å²) in [6.45, 7) is 4.20. The van der Waals surface area contributed by atoms with Crippen molar-refractivity contribution in [3.8, 4) is 0 Å². The Labute approximate surface area is 355 Å². The zero-order valence-corrected chi connectivity index (χ0v) is 37.4. The van der Waals surface area contributed by atoms with Gasteiger partial charge in [0.2, 0.25) is 0 Å². The summed E-state index contributed by atoms with van der Waals surface area (Å²) in [7, 11) is -4.72. The van der Waals surface area contributed by atoms with Crippen LogP contribution >= 0.6 is 7.82 Å². The summed E-state index contributed by atoms with van der Waals surface area (Å²) >= 11 is 0. The number of carbonyl (C=O) groups excluding carboxylic acids is 2. The Balaban J connectivity index is 4.61. The summed E-state index contributed by atoms with van der Waals surface area (Å²) in [5.74, 6) is -0.454. The highest BCUT2D eigenvalue weighted by molar-refractivity contribution is 7.47. The lowest BCUT2D eigenvalue weighted by Gasteiger charge is -2.20. The zero-order valence-electron chi connectivity index (χ0n) is 36.5. The Morgan fingerprint density at radius 2 is 1.10 bits per heavy atom. The van der Waals surface area contributed by atoms with E-state index in [-0.39, 0.29) is 25.7 Å². The highest BCUT2D eigenvalue weighted by Gasteiger charge is 2.27. The Hall–Kier alpha value is -2.19. The van der Waals surface area contributed by atoms with Crippen molar-refractivity contribution in [2.45, 2.75) is 193 Å². The quantitative estimate of drug-likeness (QED) is 0.0148. The topological polar surface area (TPSA) is 210 Å². The van der Waals surface area contributed by atoms with E-state index in [1.54, 1.807) is 42.5 Å². The van der Waals surface area contributed by atoms with E-state index in [1.165, 1.54) is 70.3 Å². The van der Waals surface area contributed by atoms with Crippen LogP contribution in [0.4, 0.5) is 0 Å². The van der Waals surface area contributed by atoms with Crippen molar-refractivity contribution in [1.29, 1.82) is 0 Å². The summed E-state index contributed by atoms with van der Waals surface area (Å²) in [5.41, 5.74) is 0. The fourth-order valence-electron chi connectivity index (χ4n) is 5.91. The second-order valence-corrected chi connectivity index (χ2v) is 17.2. The van der Waals surface area contributed by atoms with Crippen molar-refractivity contribution >= 4 is 19.8 Å². The lowest BCUT2D eigenvalue weighted by molar-refractivity contribution is -0.161. The number of unbranched alkanes of at least 4 members (excludes halogenated alkanes) is 14. The summed E-state index contributed by atoms with van der Waals surface area (Å²) in [6.07, 6.45) is 28.7. The lowest BCUT2D eigenvalue weighted by atomic mass is 10.0. The number of aliphatic hydroxyl groups excluding tert-OH is 5. The van der Waals surface area contributed by atoms with Crippen molar-refractivity contribution in [3.05, 3.63) is 48.6 Å².